The van der Waals surface area contributed by atoms with Crippen LogP contribution < -0.4 is 10.6 Å². The molecule has 5 nitrogen and oxygen atoms in total. The number of aliphatic imine (C=N–C) groups is 1. The van der Waals surface area contributed by atoms with Crippen LogP contribution in [0.5, 0.6) is 0 Å². The third-order valence-electron chi connectivity index (χ3n) is 5.09. The summed E-state index contributed by atoms with van der Waals surface area (Å²) >= 11 is 0. The molecule has 2 heterocycles. The van der Waals surface area contributed by atoms with E-state index in [1.807, 2.05) is 7.05 Å². The Morgan fingerprint density at radius 3 is 2.48 bits per heavy atom. The van der Waals surface area contributed by atoms with E-state index in [9.17, 15) is 0 Å². The molecule has 1 atom stereocenters. The highest BCUT2D eigenvalue weighted by molar-refractivity contribution is 14.0. The van der Waals surface area contributed by atoms with Crippen molar-refractivity contribution >= 4 is 29.9 Å². The fourth-order valence-corrected chi connectivity index (χ4v) is 3.57. The lowest BCUT2D eigenvalue weighted by Crippen LogP contribution is -2.49. The lowest BCUT2D eigenvalue weighted by molar-refractivity contribution is 0.150. The Morgan fingerprint density at radius 2 is 1.92 bits per heavy atom. The minimum atomic E-state index is 0. The number of hydrogen-bond acceptors (Lipinski definition) is 3. The topological polar surface area (TPSA) is 48.9 Å². The van der Waals surface area contributed by atoms with Crippen molar-refractivity contribution in [2.24, 2.45) is 16.3 Å². The average Bonchev–Trinajstić information content (AvgIpc) is 3.04. The number of rotatable bonds is 6. The van der Waals surface area contributed by atoms with E-state index in [2.05, 4.69) is 41.3 Å². The highest BCUT2D eigenvalue weighted by atomic mass is 127. The van der Waals surface area contributed by atoms with Crippen LogP contribution in [0.4, 0.5) is 0 Å². The summed E-state index contributed by atoms with van der Waals surface area (Å²) in [5.74, 6) is 1.72. The quantitative estimate of drug-likeness (QED) is 0.274. The maximum absolute atomic E-state index is 5.49. The van der Waals surface area contributed by atoms with E-state index < -0.39 is 0 Å². The Kier molecular flexibility index (Phi) is 10.6. The minimum Gasteiger partial charge on any atom is -0.381 e. The number of ether oxygens (including phenoxy) is 1. The van der Waals surface area contributed by atoms with E-state index in [-0.39, 0.29) is 24.0 Å². The molecular formula is C19H39IN4O. The van der Waals surface area contributed by atoms with Crippen molar-refractivity contribution in [2.45, 2.75) is 58.9 Å². The van der Waals surface area contributed by atoms with Crippen LogP contribution in [-0.2, 0) is 4.74 Å². The zero-order valence-electron chi connectivity index (χ0n) is 16.6. The molecule has 0 spiro atoms. The van der Waals surface area contributed by atoms with Crippen LogP contribution in [0.1, 0.15) is 52.9 Å². The van der Waals surface area contributed by atoms with E-state index in [0.717, 1.165) is 31.6 Å². The first-order chi connectivity index (χ1) is 11.5. The average molecular weight is 466 g/mol. The van der Waals surface area contributed by atoms with Crippen LogP contribution in [0.25, 0.3) is 0 Å². The molecule has 0 aromatic rings. The first-order valence-corrected chi connectivity index (χ1v) is 9.73. The maximum atomic E-state index is 5.49. The second-order valence-electron chi connectivity index (χ2n) is 8.61. The summed E-state index contributed by atoms with van der Waals surface area (Å²) in [5, 5.41) is 7.07. The smallest absolute Gasteiger partial charge is 0.191 e. The molecule has 2 N–H and O–H groups in total. The maximum Gasteiger partial charge on any atom is 0.191 e. The molecule has 0 amide bonds. The van der Waals surface area contributed by atoms with Crippen molar-refractivity contribution in [3.05, 3.63) is 0 Å². The highest BCUT2D eigenvalue weighted by Gasteiger charge is 2.24. The van der Waals surface area contributed by atoms with Gasteiger partial charge < -0.3 is 20.3 Å². The van der Waals surface area contributed by atoms with Crippen LogP contribution in [0.2, 0.25) is 0 Å². The summed E-state index contributed by atoms with van der Waals surface area (Å²) in [5.41, 5.74) is 0.413. The fraction of sp³-hybridized carbons (Fsp3) is 0.947. The van der Waals surface area contributed by atoms with Crippen molar-refractivity contribution in [2.75, 3.05) is 46.4 Å². The van der Waals surface area contributed by atoms with Crippen molar-refractivity contribution in [3.8, 4) is 0 Å². The molecular weight excluding hydrogens is 427 g/mol. The number of likely N-dealkylation sites (tertiary alicyclic amines) is 1. The molecule has 6 heteroatoms. The summed E-state index contributed by atoms with van der Waals surface area (Å²) in [4.78, 5) is 6.99. The third kappa shape index (κ3) is 9.43. The van der Waals surface area contributed by atoms with Crippen LogP contribution in [0.15, 0.2) is 4.99 Å². The molecule has 0 saturated carbocycles. The number of guanidine groups is 1. The van der Waals surface area contributed by atoms with Crippen molar-refractivity contribution in [3.63, 3.8) is 0 Å². The number of piperidine rings is 1. The van der Waals surface area contributed by atoms with Crippen molar-refractivity contribution in [1.82, 2.24) is 15.5 Å². The van der Waals surface area contributed by atoms with Gasteiger partial charge in [-0.2, -0.15) is 0 Å². The first-order valence-electron chi connectivity index (χ1n) is 9.73. The van der Waals surface area contributed by atoms with Gasteiger partial charge in [0.2, 0.25) is 0 Å². The molecule has 0 aromatic heterocycles. The molecule has 2 fully saturated rings. The van der Waals surface area contributed by atoms with Gasteiger partial charge in [0.15, 0.2) is 5.96 Å². The van der Waals surface area contributed by atoms with E-state index >= 15 is 0 Å². The molecule has 25 heavy (non-hydrogen) atoms. The molecule has 0 bridgehead atoms. The van der Waals surface area contributed by atoms with E-state index in [1.54, 1.807) is 0 Å². The lowest BCUT2D eigenvalue weighted by atomic mass is 9.91. The van der Waals surface area contributed by atoms with Gasteiger partial charge in [-0.1, -0.05) is 20.8 Å². The number of nitrogens with one attached hydrogen (secondary N) is 2. The Hall–Kier alpha value is -0.0800. The molecule has 2 saturated heterocycles. The Balaban J connectivity index is 0.00000312. The molecule has 148 valence electrons. The third-order valence-corrected chi connectivity index (χ3v) is 5.09. The van der Waals surface area contributed by atoms with Crippen molar-refractivity contribution in [1.29, 1.82) is 0 Å². The monoisotopic (exact) mass is 466 g/mol. The molecule has 2 aliphatic heterocycles. The predicted octanol–water partition coefficient (Wildman–Crippen LogP) is 3.10. The van der Waals surface area contributed by atoms with Gasteiger partial charge in [-0.25, -0.2) is 0 Å². The summed E-state index contributed by atoms with van der Waals surface area (Å²) < 4.78 is 5.49. The SMILES string of the molecule is CN=C(NCCCC(C)(C)C)NC1CCN(CC2CCOC2)CC1.I. The van der Waals surface area contributed by atoms with Gasteiger partial charge in [0.25, 0.3) is 0 Å². The van der Waals surface area contributed by atoms with Crippen LogP contribution in [0, 0.1) is 11.3 Å². The van der Waals surface area contributed by atoms with Gasteiger partial charge in [-0.3, -0.25) is 4.99 Å². The van der Waals surface area contributed by atoms with Gasteiger partial charge in [0, 0.05) is 45.9 Å². The molecule has 2 aliphatic rings. The summed E-state index contributed by atoms with van der Waals surface area (Å²) in [6.07, 6.45) is 6.07. The zero-order chi connectivity index (χ0) is 17.4. The summed E-state index contributed by atoms with van der Waals surface area (Å²) in [6, 6.07) is 0.551. The normalized spacial score (nSPS) is 23.4. The molecule has 0 radical (unpaired) electrons. The summed E-state index contributed by atoms with van der Waals surface area (Å²) in [6.45, 7) is 13.4. The van der Waals surface area contributed by atoms with Gasteiger partial charge in [-0.15, -0.1) is 24.0 Å². The fourth-order valence-electron chi connectivity index (χ4n) is 3.57. The van der Waals surface area contributed by atoms with Crippen LogP contribution in [0.3, 0.4) is 0 Å². The molecule has 1 unspecified atom stereocenters. The molecule has 0 aromatic carbocycles. The van der Waals surface area contributed by atoms with Crippen molar-refractivity contribution < 1.29 is 4.74 Å². The predicted molar refractivity (Wildman–Crippen MR) is 117 cm³/mol. The van der Waals surface area contributed by atoms with Gasteiger partial charge in [0.1, 0.15) is 0 Å². The van der Waals surface area contributed by atoms with Gasteiger partial charge in [-0.05, 0) is 43.4 Å². The lowest BCUT2D eigenvalue weighted by Gasteiger charge is -2.34. The molecule has 2 rings (SSSR count). The van der Waals surface area contributed by atoms with Gasteiger partial charge in [0.05, 0.1) is 6.61 Å². The highest BCUT2D eigenvalue weighted by Crippen LogP contribution is 2.20. The standard InChI is InChI=1S/C19H38N4O.HI/c1-19(2,3)9-5-10-21-18(20-4)22-17-6-11-23(12-7-17)14-16-8-13-24-15-16;/h16-17H,5-15H2,1-4H3,(H2,20,21,22);1H. The first kappa shape index (κ1) is 23.0. The van der Waals surface area contributed by atoms with E-state index in [0.29, 0.717) is 11.5 Å². The van der Waals surface area contributed by atoms with Crippen LogP contribution in [-0.4, -0.2) is 63.3 Å². The minimum absolute atomic E-state index is 0. The number of hydrogen-bond donors (Lipinski definition) is 2. The van der Waals surface area contributed by atoms with Gasteiger partial charge >= 0.3 is 0 Å². The Labute approximate surface area is 171 Å². The second kappa shape index (κ2) is 11.6. The Morgan fingerprint density at radius 1 is 1.20 bits per heavy atom. The zero-order valence-corrected chi connectivity index (χ0v) is 19.0. The number of nitrogens with zero attached hydrogens (tertiary/aromatic N) is 2. The van der Waals surface area contributed by atoms with E-state index in [4.69, 9.17) is 4.74 Å². The van der Waals surface area contributed by atoms with Crippen LogP contribution >= 0.6 is 24.0 Å². The van der Waals surface area contributed by atoms with E-state index in [1.165, 1.54) is 51.7 Å². The molecule has 0 aliphatic carbocycles. The summed E-state index contributed by atoms with van der Waals surface area (Å²) in [7, 11) is 1.87. The second-order valence-corrected chi connectivity index (χ2v) is 8.61. The Bertz CT molecular complexity index is 383. The number of halogens is 1. The largest absolute Gasteiger partial charge is 0.381 e.